The van der Waals surface area contributed by atoms with E-state index in [-0.39, 0.29) is 18.4 Å². The molecule has 1 aromatic carbocycles. The average Bonchev–Trinajstić information content (AvgIpc) is 2.95. The minimum Gasteiger partial charge on any atom is -0.383 e. The quantitative estimate of drug-likeness (QED) is 0.756. The smallest absolute Gasteiger partial charge is 0.383 e. The first kappa shape index (κ1) is 21.7. The second-order valence-electron chi connectivity index (χ2n) is 5.43. The molecule has 140 valence electrons. The van der Waals surface area contributed by atoms with E-state index >= 15 is 0 Å². The van der Waals surface area contributed by atoms with E-state index in [2.05, 4.69) is 4.98 Å². The summed E-state index contributed by atoms with van der Waals surface area (Å²) in [5.74, 6) is 0. The molecule has 2 N–H and O–H groups in total. The van der Waals surface area contributed by atoms with Crippen molar-refractivity contribution in [2.75, 3.05) is 26.0 Å². The number of benzene rings is 1. The molecular weight excluding hydrogens is 375 g/mol. The Morgan fingerprint density at radius 2 is 2.08 bits per heavy atom. The number of nitrogens with zero attached hydrogens (tertiary/aromatic N) is 2. The first-order chi connectivity index (χ1) is 11.3. The molecule has 1 heterocycles. The summed E-state index contributed by atoms with van der Waals surface area (Å²) in [6, 6.07) is 5.23. The summed E-state index contributed by atoms with van der Waals surface area (Å²) < 4.78 is 43.9. The topological polar surface area (TPSA) is 51.4 Å². The molecule has 4 nitrogen and oxygen atoms in total. The molecule has 0 fully saturated rings. The number of thiazole rings is 1. The number of halogens is 4. The van der Waals surface area contributed by atoms with Gasteiger partial charge < -0.3 is 10.5 Å². The zero-order chi connectivity index (χ0) is 17.7. The molecule has 25 heavy (non-hydrogen) atoms. The number of nitrogen functional groups attached to an aromatic ring is 1. The molecule has 0 saturated carbocycles. The second kappa shape index (κ2) is 9.38. The van der Waals surface area contributed by atoms with E-state index in [0.717, 1.165) is 10.9 Å². The molecule has 0 aliphatic rings. The minimum atomic E-state index is -4.35. The van der Waals surface area contributed by atoms with Gasteiger partial charge in [-0.25, -0.2) is 4.98 Å². The van der Waals surface area contributed by atoms with Crippen molar-refractivity contribution >= 4 is 28.9 Å². The fourth-order valence-corrected chi connectivity index (χ4v) is 3.11. The predicted molar refractivity (Wildman–Crippen MR) is 95.9 cm³/mol. The summed E-state index contributed by atoms with van der Waals surface area (Å²) in [6.07, 6.45) is -2.65. The van der Waals surface area contributed by atoms with E-state index in [1.807, 2.05) is 11.8 Å². The van der Waals surface area contributed by atoms with Crippen molar-refractivity contribution in [3.63, 3.8) is 0 Å². The summed E-state index contributed by atoms with van der Waals surface area (Å²) in [6.45, 7) is 3.51. The summed E-state index contributed by atoms with van der Waals surface area (Å²) >= 11 is 1.37. The zero-order valence-electron chi connectivity index (χ0n) is 13.9. The second-order valence-corrected chi connectivity index (χ2v) is 6.57. The monoisotopic (exact) mass is 395 g/mol. The van der Waals surface area contributed by atoms with Crippen LogP contribution in [0.3, 0.4) is 0 Å². The lowest BCUT2D eigenvalue weighted by Gasteiger charge is -2.29. The van der Waals surface area contributed by atoms with Gasteiger partial charge >= 0.3 is 6.18 Å². The first-order valence-corrected chi connectivity index (χ1v) is 8.23. The summed E-state index contributed by atoms with van der Waals surface area (Å²) in [5.41, 5.74) is 5.62. The standard InChI is InChI=1S/C16H20F3N3OS.ClH/c1-11(12-4-3-5-13(8-12)16(17,18)19)22(6-7-23-2)10-14-9-21-15(20)24-14;/h3-5,8-9,11H,6-7,10H2,1-2H3,(H2,20,21);1H. The maximum absolute atomic E-state index is 12.9. The number of nitrogens with two attached hydrogens (primary N) is 1. The number of methoxy groups -OCH3 is 1. The molecule has 1 unspecified atom stereocenters. The number of ether oxygens (including phenoxy) is 1. The summed E-state index contributed by atoms with van der Waals surface area (Å²) in [7, 11) is 1.60. The zero-order valence-corrected chi connectivity index (χ0v) is 15.5. The Kier molecular flexibility index (Phi) is 8.14. The fourth-order valence-electron chi connectivity index (χ4n) is 2.40. The molecule has 1 atom stereocenters. The lowest BCUT2D eigenvalue weighted by Crippen LogP contribution is -2.30. The number of alkyl halides is 3. The van der Waals surface area contributed by atoms with Crippen LogP contribution in [0.2, 0.25) is 0 Å². The largest absolute Gasteiger partial charge is 0.416 e. The van der Waals surface area contributed by atoms with Crippen LogP contribution >= 0.6 is 23.7 Å². The Morgan fingerprint density at radius 1 is 1.36 bits per heavy atom. The van der Waals surface area contributed by atoms with Crippen LogP contribution in [-0.4, -0.2) is 30.1 Å². The average molecular weight is 396 g/mol. The van der Waals surface area contributed by atoms with Gasteiger partial charge in [-0.05, 0) is 24.6 Å². The Morgan fingerprint density at radius 3 is 2.64 bits per heavy atom. The van der Waals surface area contributed by atoms with Crippen molar-refractivity contribution in [2.24, 2.45) is 0 Å². The van der Waals surface area contributed by atoms with Gasteiger partial charge in [-0.15, -0.1) is 23.7 Å². The van der Waals surface area contributed by atoms with Gasteiger partial charge in [-0.2, -0.15) is 13.2 Å². The Hall–Kier alpha value is -1.35. The van der Waals surface area contributed by atoms with Gasteiger partial charge in [0.25, 0.3) is 0 Å². The highest BCUT2D eigenvalue weighted by Crippen LogP contribution is 2.32. The van der Waals surface area contributed by atoms with Gasteiger partial charge in [0.15, 0.2) is 5.13 Å². The van der Waals surface area contributed by atoms with Gasteiger partial charge in [0.1, 0.15) is 0 Å². The fraction of sp³-hybridized carbons (Fsp3) is 0.438. The van der Waals surface area contributed by atoms with Crippen LogP contribution in [0.5, 0.6) is 0 Å². The number of hydrogen-bond acceptors (Lipinski definition) is 5. The van der Waals surface area contributed by atoms with Crippen LogP contribution in [0.4, 0.5) is 18.3 Å². The van der Waals surface area contributed by atoms with Crippen molar-refractivity contribution in [3.8, 4) is 0 Å². The third-order valence-corrected chi connectivity index (χ3v) is 4.57. The van der Waals surface area contributed by atoms with E-state index in [4.69, 9.17) is 10.5 Å². The van der Waals surface area contributed by atoms with Crippen molar-refractivity contribution in [1.82, 2.24) is 9.88 Å². The van der Waals surface area contributed by atoms with Gasteiger partial charge in [-0.3, -0.25) is 4.90 Å². The highest BCUT2D eigenvalue weighted by Gasteiger charge is 2.31. The first-order valence-electron chi connectivity index (χ1n) is 7.41. The molecule has 0 saturated heterocycles. The Balaban J connectivity index is 0.00000312. The van der Waals surface area contributed by atoms with Crippen molar-refractivity contribution in [2.45, 2.75) is 25.7 Å². The third kappa shape index (κ3) is 6.14. The van der Waals surface area contributed by atoms with Crippen molar-refractivity contribution in [1.29, 1.82) is 0 Å². The number of anilines is 1. The molecule has 2 aromatic rings. The molecule has 0 bridgehead atoms. The number of rotatable bonds is 7. The molecule has 0 aliphatic carbocycles. The van der Waals surface area contributed by atoms with Gasteiger partial charge in [0, 0.05) is 37.3 Å². The Labute approximate surface area is 155 Å². The maximum Gasteiger partial charge on any atom is 0.416 e. The van der Waals surface area contributed by atoms with Gasteiger partial charge in [0.2, 0.25) is 0 Å². The van der Waals surface area contributed by atoms with E-state index in [0.29, 0.717) is 30.4 Å². The highest BCUT2D eigenvalue weighted by atomic mass is 35.5. The van der Waals surface area contributed by atoms with Crippen LogP contribution < -0.4 is 5.73 Å². The third-order valence-electron chi connectivity index (χ3n) is 3.76. The lowest BCUT2D eigenvalue weighted by molar-refractivity contribution is -0.137. The van der Waals surface area contributed by atoms with Gasteiger partial charge in [-0.1, -0.05) is 12.1 Å². The van der Waals surface area contributed by atoms with Crippen molar-refractivity contribution in [3.05, 3.63) is 46.5 Å². The number of aromatic nitrogens is 1. The molecule has 0 radical (unpaired) electrons. The van der Waals surface area contributed by atoms with Crippen LogP contribution in [-0.2, 0) is 17.5 Å². The normalized spacial score (nSPS) is 12.9. The lowest BCUT2D eigenvalue weighted by atomic mass is 10.0. The summed E-state index contributed by atoms with van der Waals surface area (Å²) in [5, 5.41) is 0.475. The van der Waals surface area contributed by atoms with Gasteiger partial charge in [0.05, 0.1) is 12.2 Å². The van der Waals surface area contributed by atoms with E-state index in [1.54, 1.807) is 19.4 Å². The molecule has 9 heteroatoms. The summed E-state index contributed by atoms with van der Waals surface area (Å²) in [4.78, 5) is 7.03. The molecule has 2 rings (SSSR count). The highest BCUT2D eigenvalue weighted by molar-refractivity contribution is 7.15. The van der Waals surface area contributed by atoms with E-state index < -0.39 is 11.7 Å². The van der Waals surface area contributed by atoms with Crippen molar-refractivity contribution < 1.29 is 17.9 Å². The Bertz CT molecular complexity index is 666. The van der Waals surface area contributed by atoms with Crippen LogP contribution in [0.1, 0.15) is 29.0 Å². The van der Waals surface area contributed by atoms with Crippen LogP contribution in [0.15, 0.2) is 30.5 Å². The van der Waals surface area contributed by atoms with Crippen LogP contribution in [0, 0.1) is 0 Å². The molecule has 0 spiro atoms. The number of hydrogen-bond donors (Lipinski definition) is 1. The van der Waals surface area contributed by atoms with E-state index in [1.165, 1.54) is 23.5 Å². The minimum absolute atomic E-state index is 0. The van der Waals surface area contributed by atoms with E-state index in [9.17, 15) is 13.2 Å². The maximum atomic E-state index is 12.9. The molecule has 1 aromatic heterocycles. The molecular formula is C16H21ClF3N3OS. The van der Waals surface area contributed by atoms with Crippen LogP contribution in [0.25, 0.3) is 0 Å². The molecule has 0 aliphatic heterocycles. The SMILES string of the molecule is COCCN(Cc1cnc(N)s1)C(C)c1cccc(C(F)(F)F)c1.Cl. The predicted octanol–water partition coefficient (Wildman–Crippen LogP) is 4.38. The molecule has 0 amide bonds.